The molecule has 1 nitrogen and oxygen atoms in total. The third kappa shape index (κ3) is 2.29. The number of hydrogen-bond donors (Lipinski definition) is 1. The fourth-order valence-electron chi connectivity index (χ4n) is 2.32. The molecule has 0 aliphatic heterocycles. The predicted octanol–water partition coefficient (Wildman–Crippen LogP) is 4.28. The quantitative estimate of drug-likeness (QED) is 0.722. The Bertz CT molecular complexity index is 717. The Morgan fingerprint density at radius 1 is 0.789 bits per heavy atom. The van der Waals surface area contributed by atoms with Gasteiger partial charge >= 0.3 is 0 Å². The third-order valence-corrected chi connectivity index (χ3v) is 3.30. The average Bonchev–Trinajstić information content (AvgIpc) is 2.45. The molecule has 0 heterocycles. The van der Waals surface area contributed by atoms with Crippen LogP contribution in [-0.4, -0.2) is 5.11 Å². The highest BCUT2D eigenvalue weighted by Crippen LogP contribution is 2.28. The smallest absolute Gasteiger partial charge is 0.123 e. The minimum absolute atomic E-state index is 0.223. The highest BCUT2D eigenvalue weighted by molar-refractivity contribution is 5.90. The summed E-state index contributed by atoms with van der Waals surface area (Å²) in [6.07, 6.45) is 0.723. The Hall–Kier alpha value is -2.35. The molecule has 0 saturated heterocycles. The van der Waals surface area contributed by atoms with Crippen molar-refractivity contribution in [1.82, 2.24) is 0 Å². The molecule has 0 bridgehead atoms. The lowest BCUT2D eigenvalue weighted by Gasteiger charge is -2.08. The molecule has 1 N–H and O–H groups in total. The molecule has 0 aliphatic rings. The molecule has 0 radical (unpaired) electrons. The number of phenolic OH excluding ortho intramolecular Hbond substituents is 1. The summed E-state index contributed by atoms with van der Waals surface area (Å²) in [6.45, 7) is 0. The maximum absolute atomic E-state index is 12.9. The lowest BCUT2D eigenvalue weighted by atomic mass is 9.98. The van der Waals surface area contributed by atoms with Crippen LogP contribution < -0.4 is 0 Å². The predicted molar refractivity (Wildman–Crippen MR) is 74.8 cm³/mol. The van der Waals surface area contributed by atoms with Crippen LogP contribution in [0.4, 0.5) is 4.39 Å². The molecular formula is C17H13FO. The van der Waals surface area contributed by atoms with Crippen LogP contribution in [0.5, 0.6) is 5.75 Å². The van der Waals surface area contributed by atoms with E-state index in [-0.39, 0.29) is 5.82 Å². The molecule has 0 aliphatic carbocycles. The van der Waals surface area contributed by atoms with E-state index < -0.39 is 0 Å². The lowest BCUT2D eigenvalue weighted by Crippen LogP contribution is -1.90. The minimum atomic E-state index is -0.223. The van der Waals surface area contributed by atoms with E-state index in [9.17, 15) is 9.50 Å². The van der Waals surface area contributed by atoms with Gasteiger partial charge < -0.3 is 5.11 Å². The topological polar surface area (TPSA) is 20.2 Å². The van der Waals surface area contributed by atoms with Crippen LogP contribution in [0.3, 0.4) is 0 Å². The van der Waals surface area contributed by atoms with E-state index in [2.05, 4.69) is 0 Å². The van der Waals surface area contributed by atoms with Crippen LogP contribution in [0.1, 0.15) is 11.1 Å². The van der Waals surface area contributed by atoms with Crippen LogP contribution in [0, 0.1) is 5.82 Å². The fraction of sp³-hybridized carbons (Fsp3) is 0.0588. The molecule has 0 aromatic heterocycles. The van der Waals surface area contributed by atoms with E-state index in [1.807, 2.05) is 30.3 Å². The van der Waals surface area contributed by atoms with Gasteiger partial charge in [-0.2, -0.15) is 0 Å². The number of halogens is 1. The zero-order valence-corrected chi connectivity index (χ0v) is 10.3. The first-order chi connectivity index (χ1) is 9.24. The number of fused-ring (bicyclic) bond motifs is 1. The summed E-state index contributed by atoms with van der Waals surface area (Å²) in [6, 6.07) is 17.9. The second-order valence-electron chi connectivity index (χ2n) is 4.59. The zero-order valence-electron chi connectivity index (χ0n) is 10.3. The van der Waals surface area contributed by atoms with Crippen molar-refractivity contribution in [3.63, 3.8) is 0 Å². The molecule has 0 saturated carbocycles. The highest BCUT2D eigenvalue weighted by Gasteiger charge is 2.05. The number of benzene rings is 3. The largest absolute Gasteiger partial charge is 0.507 e. The molecule has 0 spiro atoms. The van der Waals surface area contributed by atoms with Gasteiger partial charge in [0, 0.05) is 5.39 Å². The first-order valence-electron chi connectivity index (χ1n) is 6.18. The third-order valence-electron chi connectivity index (χ3n) is 3.30. The molecular weight excluding hydrogens is 239 g/mol. The van der Waals surface area contributed by atoms with Gasteiger partial charge in [-0.25, -0.2) is 4.39 Å². The van der Waals surface area contributed by atoms with E-state index in [1.54, 1.807) is 18.2 Å². The summed E-state index contributed by atoms with van der Waals surface area (Å²) in [4.78, 5) is 0. The molecule has 3 aromatic carbocycles. The summed E-state index contributed by atoms with van der Waals surface area (Å²) >= 11 is 0. The number of hydrogen-bond acceptors (Lipinski definition) is 1. The normalized spacial score (nSPS) is 10.8. The van der Waals surface area contributed by atoms with Gasteiger partial charge in [-0.05, 0) is 41.1 Å². The van der Waals surface area contributed by atoms with Gasteiger partial charge in [0.05, 0.1) is 0 Å². The van der Waals surface area contributed by atoms with Gasteiger partial charge in [-0.1, -0.05) is 42.5 Å². The van der Waals surface area contributed by atoms with Gasteiger partial charge in [0.15, 0.2) is 0 Å². The second kappa shape index (κ2) is 4.73. The summed E-state index contributed by atoms with van der Waals surface area (Å²) in [5.74, 6) is 0.0674. The van der Waals surface area contributed by atoms with Crippen LogP contribution in [0.25, 0.3) is 10.8 Å². The molecule has 19 heavy (non-hydrogen) atoms. The fourth-order valence-corrected chi connectivity index (χ4v) is 2.32. The van der Waals surface area contributed by atoms with Crippen LogP contribution in [0.15, 0.2) is 60.7 Å². The SMILES string of the molecule is Oc1ccc(Cc2ccc(F)cc2)c2ccccc12. The Kier molecular flexibility index (Phi) is 2.92. The van der Waals surface area contributed by atoms with Crippen molar-refractivity contribution in [1.29, 1.82) is 0 Å². The molecule has 0 atom stereocenters. The first-order valence-corrected chi connectivity index (χ1v) is 6.18. The van der Waals surface area contributed by atoms with E-state index in [0.29, 0.717) is 5.75 Å². The lowest BCUT2D eigenvalue weighted by molar-refractivity contribution is 0.481. The Labute approximate surface area is 110 Å². The molecule has 0 unspecified atom stereocenters. The average molecular weight is 252 g/mol. The van der Waals surface area contributed by atoms with Gasteiger partial charge in [-0.15, -0.1) is 0 Å². The molecule has 0 fully saturated rings. The van der Waals surface area contributed by atoms with E-state index >= 15 is 0 Å². The molecule has 3 aromatic rings. The van der Waals surface area contributed by atoms with Crippen molar-refractivity contribution in [2.24, 2.45) is 0 Å². The highest BCUT2D eigenvalue weighted by atomic mass is 19.1. The maximum Gasteiger partial charge on any atom is 0.123 e. The van der Waals surface area contributed by atoms with Crippen molar-refractivity contribution in [2.45, 2.75) is 6.42 Å². The maximum atomic E-state index is 12.9. The van der Waals surface area contributed by atoms with Gasteiger partial charge in [0.25, 0.3) is 0 Å². The van der Waals surface area contributed by atoms with Crippen molar-refractivity contribution < 1.29 is 9.50 Å². The molecule has 0 amide bonds. The number of phenols is 1. The van der Waals surface area contributed by atoms with Crippen molar-refractivity contribution in [3.05, 3.63) is 77.6 Å². The van der Waals surface area contributed by atoms with Gasteiger partial charge in [-0.3, -0.25) is 0 Å². The van der Waals surface area contributed by atoms with Gasteiger partial charge in [0.2, 0.25) is 0 Å². The van der Waals surface area contributed by atoms with Crippen LogP contribution in [0.2, 0.25) is 0 Å². The van der Waals surface area contributed by atoms with E-state index in [4.69, 9.17) is 0 Å². The van der Waals surface area contributed by atoms with Crippen LogP contribution in [-0.2, 0) is 6.42 Å². The Balaban J connectivity index is 2.06. The summed E-state index contributed by atoms with van der Waals surface area (Å²) in [7, 11) is 0. The second-order valence-corrected chi connectivity index (χ2v) is 4.59. The summed E-state index contributed by atoms with van der Waals surface area (Å²) < 4.78 is 12.9. The van der Waals surface area contributed by atoms with Crippen LogP contribution >= 0.6 is 0 Å². The Morgan fingerprint density at radius 3 is 2.21 bits per heavy atom. The number of aromatic hydroxyl groups is 1. The minimum Gasteiger partial charge on any atom is -0.507 e. The Morgan fingerprint density at radius 2 is 1.47 bits per heavy atom. The van der Waals surface area contributed by atoms with Gasteiger partial charge in [0.1, 0.15) is 11.6 Å². The molecule has 2 heteroatoms. The standard InChI is InChI=1S/C17H13FO/c18-14-8-5-12(6-9-14)11-13-7-10-17(19)16-4-2-1-3-15(13)16/h1-10,19H,11H2. The van der Waals surface area contributed by atoms with E-state index in [0.717, 1.165) is 28.3 Å². The number of rotatable bonds is 2. The molecule has 3 rings (SSSR count). The summed E-state index contributed by atoms with van der Waals surface area (Å²) in [5.41, 5.74) is 2.18. The van der Waals surface area contributed by atoms with E-state index in [1.165, 1.54) is 12.1 Å². The van der Waals surface area contributed by atoms with Crippen molar-refractivity contribution in [2.75, 3.05) is 0 Å². The molecule has 94 valence electrons. The zero-order chi connectivity index (χ0) is 13.2. The monoisotopic (exact) mass is 252 g/mol. The first kappa shape index (κ1) is 11.7. The van der Waals surface area contributed by atoms with Crippen molar-refractivity contribution in [3.8, 4) is 5.75 Å². The van der Waals surface area contributed by atoms with Crippen molar-refractivity contribution >= 4 is 10.8 Å². The summed E-state index contributed by atoms with van der Waals surface area (Å²) in [5, 5.41) is 11.7.